The van der Waals surface area contributed by atoms with Gasteiger partial charge in [0.15, 0.2) is 12.1 Å². The molecule has 2 saturated heterocycles. The van der Waals surface area contributed by atoms with E-state index in [-0.39, 0.29) is 37.2 Å². The van der Waals surface area contributed by atoms with Crippen molar-refractivity contribution in [3.05, 3.63) is 107 Å². The number of nitrogens with one attached hydrogen (secondary N) is 2. The number of nitrogens with zero attached hydrogens (tertiary/aromatic N) is 1. The van der Waals surface area contributed by atoms with Crippen LogP contribution < -0.4 is 10.6 Å². The number of amides is 2. The highest BCUT2D eigenvalue weighted by Gasteiger charge is 2.35. The predicted molar refractivity (Wildman–Crippen MR) is 167 cm³/mol. The number of likely N-dealkylation sites (tertiary alicyclic amines) is 1. The number of aliphatic hydroxyl groups excluding tert-OH is 2. The Labute approximate surface area is 259 Å². The third kappa shape index (κ3) is 8.52. The molecular formula is C35H43N3O6. The number of hydrogen-bond acceptors (Lipinski definition) is 7. The minimum absolute atomic E-state index is 0.00840. The molecular weight excluding hydrogens is 558 g/mol. The molecule has 5 unspecified atom stereocenters. The van der Waals surface area contributed by atoms with Gasteiger partial charge in [-0.25, -0.2) is 4.79 Å². The maximum atomic E-state index is 12.6. The van der Waals surface area contributed by atoms with Crippen LogP contribution in [-0.4, -0.2) is 64.8 Å². The molecule has 0 saturated carbocycles. The lowest BCUT2D eigenvalue weighted by molar-refractivity contribution is -0.253. The molecule has 44 heavy (non-hydrogen) atoms. The summed E-state index contributed by atoms with van der Waals surface area (Å²) >= 11 is 0. The van der Waals surface area contributed by atoms with E-state index in [1.165, 1.54) is 6.92 Å². The molecule has 0 bridgehead atoms. The molecule has 3 aromatic rings. The largest absolute Gasteiger partial charge is 0.395 e. The summed E-state index contributed by atoms with van der Waals surface area (Å²) in [5.41, 5.74) is 4.64. The van der Waals surface area contributed by atoms with Gasteiger partial charge in [-0.3, -0.25) is 9.69 Å². The molecule has 234 valence electrons. The van der Waals surface area contributed by atoms with Crippen LogP contribution in [-0.2, 0) is 33.8 Å². The molecule has 2 fully saturated rings. The highest BCUT2D eigenvalue weighted by Crippen LogP contribution is 2.38. The van der Waals surface area contributed by atoms with Crippen molar-refractivity contribution in [3.8, 4) is 0 Å². The van der Waals surface area contributed by atoms with Gasteiger partial charge in [0.05, 0.1) is 31.5 Å². The molecule has 2 heterocycles. The van der Waals surface area contributed by atoms with Crippen LogP contribution in [0.3, 0.4) is 0 Å². The van der Waals surface area contributed by atoms with E-state index < -0.39 is 18.4 Å². The van der Waals surface area contributed by atoms with Crippen molar-refractivity contribution in [1.82, 2.24) is 15.5 Å². The number of hydrogen-bond donors (Lipinski definition) is 4. The summed E-state index contributed by atoms with van der Waals surface area (Å²) in [6, 6.07) is 24.4. The molecule has 0 radical (unpaired) electrons. The zero-order valence-corrected chi connectivity index (χ0v) is 25.2. The lowest BCUT2D eigenvalue weighted by Crippen LogP contribution is -2.46. The SMILES string of the molecule is CC(=O)C(Cc1ccccc1)NC(=O)NCc1ccc(C2OC(CN3CCCC3CO)CC(c3ccc(CO)cc3)O2)cc1. The maximum absolute atomic E-state index is 12.6. The van der Waals surface area contributed by atoms with Crippen LogP contribution in [0.4, 0.5) is 4.79 Å². The molecule has 9 nitrogen and oxygen atoms in total. The first-order valence-corrected chi connectivity index (χ1v) is 15.4. The van der Waals surface area contributed by atoms with Gasteiger partial charge in [-0.1, -0.05) is 78.9 Å². The second kappa shape index (κ2) is 15.4. The first-order chi connectivity index (χ1) is 21.4. The summed E-state index contributed by atoms with van der Waals surface area (Å²) in [5, 5.41) is 25.0. The first-order valence-electron chi connectivity index (χ1n) is 15.4. The van der Waals surface area contributed by atoms with Crippen LogP contribution in [0.5, 0.6) is 0 Å². The van der Waals surface area contributed by atoms with Crippen molar-refractivity contribution in [1.29, 1.82) is 0 Å². The number of carbonyl (C=O) groups excluding carboxylic acids is 2. The summed E-state index contributed by atoms with van der Waals surface area (Å²) in [6.07, 6.45) is 2.34. The molecule has 2 aliphatic heterocycles. The van der Waals surface area contributed by atoms with Crippen molar-refractivity contribution < 1.29 is 29.3 Å². The van der Waals surface area contributed by atoms with Crippen LogP contribution in [0.1, 0.15) is 66.4 Å². The van der Waals surface area contributed by atoms with E-state index in [2.05, 4.69) is 15.5 Å². The summed E-state index contributed by atoms with van der Waals surface area (Å²) < 4.78 is 12.9. The van der Waals surface area contributed by atoms with Gasteiger partial charge in [0.2, 0.25) is 0 Å². The first kappa shape index (κ1) is 31.8. The molecule has 2 amide bonds. The lowest BCUT2D eigenvalue weighted by atomic mass is 9.99. The predicted octanol–water partition coefficient (Wildman–Crippen LogP) is 4.18. The minimum Gasteiger partial charge on any atom is -0.395 e. The molecule has 2 aliphatic rings. The Hall–Kier alpha value is -3.60. The third-order valence-corrected chi connectivity index (χ3v) is 8.55. The smallest absolute Gasteiger partial charge is 0.315 e. The number of benzene rings is 3. The quantitative estimate of drug-likeness (QED) is 0.246. The van der Waals surface area contributed by atoms with Crippen LogP contribution >= 0.6 is 0 Å². The Morgan fingerprint density at radius 1 is 0.909 bits per heavy atom. The standard InChI is InChI=1S/C35H43N3O6/c1-24(41)32(18-25-6-3-2-4-7-25)37-35(42)36-20-26-9-15-29(16-10-26)34-43-31(21-38-17-5-8-30(38)23-40)19-33(44-34)28-13-11-27(22-39)12-14-28/h2-4,6-7,9-16,30-34,39-40H,5,8,17-23H2,1H3,(H2,36,37,42). The van der Waals surface area contributed by atoms with Gasteiger partial charge in [0.1, 0.15) is 0 Å². The number of Topliss-reactive ketones (excluding diaryl/α,β-unsaturated/α-hetero) is 1. The molecule has 4 N–H and O–H groups in total. The Kier molecular flexibility index (Phi) is 11.1. The minimum atomic E-state index is -0.602. The van der Waals surface area contributed by atoms with Gasteiger partial charge in [-0.2, -0.15) is 0 Å². The molecule has 3 aromatic carbocycles. The Balaban J connectivity index is 1.21. The van der Waals surface area contributed by atoms with Crippen LogP contribution in [0.15, 0.2) is 78.9 Å². The Morgan fingerprint density at radius 3 is 2.30 bits per heavy atom. The zero-order chi connectivity index (χ0) is 30.9. The van der Waals surface area contributed by atoms with Crippen LogP contribution in [0.25, 0.3) is 0 Å². The zero-order valence-electron chi connectivity index (χ0n) is 25.2. The molecule has 5 rings (SSSR count). The highest BCUT2D eigenvalue weighted by atomic mass is 16.7. The fourth-order valence-corrected chi connectivity index (χ4v) is 5.97. The van der Waals surface area contributed by atoms with E-state index in [1.54, 1.807) is 0 Å². The van der Waals surface area contributed by atoms with Gasteiger partial charge < -0.3 is 30.3 Å². The second-order valence-corrected chi connectivity index (χ2v) is 11.7. The topological polar surface area (TPSA) is 120 Å². The number of ketones is 1. The van der Waals surface area contributed by atoms with Crippen molar-refractivity contribution in [2.24, 2.45) is 0 Å². The molecule has 9 heteroatoms. The average molecular weight is 602 g/mol. The van der Waals surface area contributed by atoms with Gasteiger partial charge in [0, 0.05) is 31.1 Å². The van der Waals surface area contributed by atoms with Crippen molar-refractivity contribution in [3.63, 3.8) is 0 Å². The summed E-state index contributed by atoms with van der Waals surface area (Å²) in [5.74, 6) is -0.0987. The van der Waals surface area contributed by atoms with E-state index in [0.717, 1.165) is 53.7 Å². The Morgan fingerprint density at radius 2 is 1.61 bits per heavy atom. The van der Waals surface area contributed by atoms with E-state index in [1.807, 2.05) is 78.9 Å². The van der Waals surface area contributed by atoms with Gasteiger partial charge >= 0.3 is 6.03 Å². The molecule has 0 aliphatic carbocycles. The van der Waals surface area contributed by atoms with E-state index in [4.69, 9.17) is 9.47 Å². The van der Waals surface area contributed by atoms with Crippen molar-refractivity contribution >= 4 is 11.8 Å². The van der Waals surface area contributed by atoms with Crippen LogP contribution in [0, 0.1) is 0 Å². The second-order valence-electron chi connectivity index (χ2n) is 11.7. The fraction of sp³-hybridized carbons (Fsp3) is 0.429. The van der Waals surface area contributed by atoms with Crippen LogP contribution in [0.2, 0.25) is 0 Å². The molecule has 5 atom stereocenters. The molecule has 0 spiro atoms. The number of ether oxygens (including phenoxy) is 2. The maximum Gasteiger partial charge on any atom is 0.315 e. The number of aliphatic hydroxyl groups is 2. The monoisotopic (exact) mass is 601 g/mol. The van der Waals surface area contributed by atoms with E-state index in [9.17, 15) is 19.8 Å². The van der Waals surface area contributed by atoms with E-state index in [0.29, 0.717) is 19.4 Å². The summed E-state index contributed by atoms with van der Waals surface area (Å²) in [4.78, 5) is 27.1. The van der Waals surface area contributed by atoms with Gasteiger partial charge in [-0.15, -0.1) is 0 Å². The normalized spacial score (nSPS) is 22.8. The fourth-order valence-electron chi connectivity index (χ4n) is 5.97. The Bertz CT molecular complexity index is 1350. The average Bonchev–Trinajstić information content (AvgIpc) is 3.51. The van der Waals surface area contributed by atoms with Gasteiger partial charge in [0.25, 0.3) is 0 Å². The molecule has 0 aromatic heterocycles. The van der Waals surface area contributed by atoms with E-state index >= 15 is 0 Å². The summed E-state index contributed by atoms with van der Waals surface area (Å²) in [6.45, 7) is 3.59. The van der Waals surface area contributed by atoms with Crippen molar-refractivity contribution in [2.45, 2.75) is 76.3 Å². The lowest BCUT2D eigenvalue weighted by Gasteiger charge is -2.38. The number of rotatable bonds is 12. The summed E-state index contributed by atoms with van der Waals surface area (Å²) in [7, 11) is 0. The number of carbonyl (C=O) groups is 2. The third-order valence-electron chi connectivity index (χ3n) is 8.55. The highest BCUT2D eigenvalue weighted by molar-refractivity contribution is 5.87. The number of urea groups is 1. The van der Waals surface area contributed by atoms with Crippen molar-refractivity contribution in [2.75, 3.05) is 19.7 Å². The van der Waals surface area contributed by atoms with Gasteiger partial charge in [-0.05, 0) is 55.0 Å².